The molecule has 4 heteroatoms. The Morgan fingerprint density at radius 3 is 2.68 bits per heavy atom. The van der Waals surface area contributed by atoms with Gasteiger partial charge in [0.15, 0.2) is 0 Å². The van der Waals surface area contributed by atoms with E-state index in [1.54, 1.807) is 6.07 Å². The third-order valence-electron chi connectivity index (χ3n) is 3.28. The Bertz CT molecular complexity index is 432. The van der Waals surface area contributed by atoms with E-state index in [1.165, 1.54) is 12.1 Å². The second-order valence-electron chi connectivity index (χ2n) is 5.44. The maximum Gasteiger partial charge on any atom is 0.234 e. The van der Waals surface area contributed by atoms with Crippen LogP contribution >= 0.6 is 0 Å². The summed E-state index contributed by atoms with van der Waals surface area (Å²) >= 11 is 0. The maximum absolute atomic E-state index is 13.1. The minimum absolute atomic E-state index is 0.0462. The third-order valence-corrected chi connectivity index (χ3v) is 3.28. The Balaban J connectivity index is 2.46. The number of halogens is 1. The van der Waals surface area contributed by atoms with Crippen LogP contribution in [0.25, 0.3) is 0 Å². The summed E-state index contributed by atoms with van der Waals surface area (Å²) in [5.41, 5.74) is 0.642. The minimum atomic E-state index is -0.261. The Morgan fingerprint density at radius 2 is 2.11 bits per heavy atom. The number of hydrogen-bond donors (Lipinski definition) is 2. The van der Waals surface area contributed by atoms with E-state index >= 15 is 0 Å². The molecule has 0 spiro atoms. The van der Waals surface area contributed by atoms with Crippen molar-refractivity contribution in [1.82, 2.24) is 10.6 Å². The monoisotopic (exact) mass is 266 g/mol. The molecule has 1 rings (SSSR count). The smallest absolute Gasteiger partial charge is 0.234 e. The molecule has 0 aromatic heterocycles. The maximum atomic E-state index is 13.1. The molecule has 0 bridgehead atoms. The quantitative estimate of drug-likeness (QED) is 0.831. The average molecular weight is 266 g/mol. The highest BCUT2D eigenvalue weighted by atomic mass is 19.1. The van der Waals surface area contributed by atoms with Crippen LogP contribution in [0.3, 0.4) is 0 Å². The molecule has 0 fully saturated rings. The SMILES string of the molecule is CCC(C)(C)NC(=O)CNC(C)c1cccc(F)c1. The fourth-order valence-corrected chi connectivity index (χ4v) is 1.65. The fourth-order valence-electron chi connectivity index (χ4n) is 1.65. The summed E-state index contributed by atoms with van der Waals surface area (Å²) in [4.78, 5) is 11.8. The zero-order valence-corrected chi connectivity index (χ0v) is 12.1. The van der Waals surface area contributed by atoms with E-state index in [0.29, 0.717) is 0 Å². The number of amides is 1. The van der Waals surface area contributed by atoms with Crippen molar-refractivity contribution in [1.29, 1.82) is 0 Å². The molecule has 0 saturated heterocycles. The predicted molar refractivity (Wildman–Crippen MR) is 75.3 cm³/mol. The van der Waals surface area contributed by atoms with Gasteiger partial charge in [-0.2, -0.15) is 0 Å². The van der Waals surface area contributed by atoms with E-state index in [9.17, 15) is 9.18 Å². The number of carbonyl (C=O) groups is 1. The van der Waals surface area contributed by atoms with Gasteiger partial charge in [-0.15, -0.1) is 0 Å². The van der Waals surface area contributed by atoms with Gasteiger partial charge >= 0.3 is 0 Å². The highest BCUT2D eigenvalue weighted by molar-refractivity contribution is 5.78. The first-order chi connectivity index (χ1) is 8.84. The van der Waals surface area contributed by atoms with Gasteiger partial charge in [-0.1, -0.05) is 19.1 Å². The average Bonchev–Trinajstić information content (AvgIpc) is 2.35. The van der Waals surface area contributed by atoms with E-state index in [0.717, 1.165) is 12.0 Å². The second-order valence-corrected chi connectivity index (χ2v) is 5.44. The Labute approximate surface area is 114 Å². The lowest BCUT2D eigenvalue weighted by molar-refractivity contribution is -0.122. The molecule has 2 N–H and O–H groups in total. The number of hydrogen-bond acceptors (Lipinski definition) is 2. The van der Waals surface area contributed by atoms with Crippen molar-refractivity contribution in [3.05, 3.63) is 35.6 Å². The van der Waals surface area contributed by atoms with Crippen LogP contribution < -0.4 is 10.6 Å². The van der Waals surface area contributed by atoms with E-state index in [-0.39, 0.29) is 29.8 Å². The highest BCUT2D eigenvalue weighted by Gasteiger charge is 2.18. The topological polar surface area (TPSA) is 41.1 Å². The normalized spacial score (nSPS) is 13.1. The molecule has 0 heterocycles. The van der Waals surface area contributed by atoms with Gasteiger partial charge in [-0.3, -0.25) is 4.79 Å². The molecule has 0 saturated carbocycles. The van der Waals surface area contributed by atoms with Crippen LogP contribution in [0.1, 0.15) is 45.7 Å². The van der Waals surface area contributed by atoms with E-state index in [1.807, 2.05) is 33.8 Å². The van der Waals surface area contributed by atoms with Crippen LogP contribution in [0.4, 0.5) is 4.39 Å². The lowest BCUT2D eigenvalue weighted by Gasteiger charge is -2.25. The Morgan fingerprint density at radius 1 is 1.42 bits per heavy atom. The summed E-state index contributed by atoms with van der Waals surface area (Å²) in [6.45, 7) is 8.14. The summed E-state index contributed by atoms with van der Waals surface area (Å²) in [5, 5.41) is 6.04. The number of carbonyl (C=O) groups excluding carboxylic acids is 1. The van der Waals surface area contributed by atoms with E-state index < -0.39 is 0 Å². The fraction of sp³-hybridized carbons (Fsp3) is 0.533. The first-order valence-electron chi connectivity index (χ1n) is 6.64. The van der Waals surface area contributed by atoms with Gasteiger partial charge < -0.3 is 10.6 Å². The molecule has 1 aromatic rings. The van der Waals surface area contributed by atoms with Gasteiger partial charge in [0.05, 0.1) is 6.54 Å². The van der Waals surface area contributed by atoms with Gasteiger partial charge in [-0.25, -0.2) is 4.39 Å². The highest BCUT2D eigenvalue weighted by Crippen LogP contribution is 2.13. The molecular formula is C15H23FN2O. The summed E-state index contributed by atoms with van der Waals surface area (Å²) in [6.07, 6.45) is 0.873. The van der Waals surface area contributed by atoms with Crippen LogP contribution in [-0.4, -0.2) is 18.0 Å². The standard InChI is InChI=1S/C15H23FN2O/c1-5-15(3,4)18-14(19)10-17-11(2)12-7-6-8-13(16)9-12/h6-9,11,17H,5,10H2,1-4H3,(H,18,19). The largest absolute Gasteiger partial charge is 0.350 e. The Hall–Kier alpha value is -1.42. The van der Waals surface area contributed by atoms with Crippen LogP contribution in [0.2, 0.25) is 0 Å². The molecule has 1 amide bonds. The molecule has 1 atom stereocenters. The molecule has 1 unspecified atom stereocenters. The summed E-state index contributed by atoms with van der Waals surface area (Å²) < 4.78 is 13.1. The molecule has 0 aliphatic carbocycles. The number of benzene rings is 1. The van der Waals surface area contributed by atoms with Crippen molar-refractivity contribution >= 4 is 5.91 Å². The van der Waals surface area contributed by atoms with Gasteiger partial charge in [0, 0.05) is 11.6 Å². The zero-order valence-electron chi connectivity index (χ0n) is 12.1. The predicted octanol–water partition coefficient (Wildman–Crippen LogP) is 2.78. The van der Waals surface area contributed by atoms with Crippen LogP contribution in [0.5, 0.6) is 0 Å². The summed E-state index contributed by atoms with van der Waals surface area (Å²) in [5.74, 6) is -0.308. The molecule has 19 heavy (non-hydrogen) atoms. The lowest BCUT2D eigenvalue weighted by Crippen LogP contribution is -2.46. The first kappa shape index (κ1) is 15.6. The zero-order chi connectivity index (χ0) is 14.5. The van der Waals surface area contributed by atoms with Crippen molar-refractivity contribution in [3.63, 3.8) is 0 Å². The van der Waals surface area contributed by atoms with Gasteiger partial charge in [0.2, 0.25) is 5.91 Å². The summed E-state index contributed by atoms with van der Waals surface area (Å²) in [6, 6.07) is 6.34. The van der Waals surface area contributed by atoms with Crippen molar-refractivity contribution < 1.29 is 9.18 Å². The third kappa shape index (κ3) is 5.39. The molecule has 0 aliphatic heterocycles. The first-order valence-corrected chi connectivity index (χ1v) is 6.64. The van der Waals surface area contributed by atoms with Crippen LogP contribution in [0.15, 0.2) is 24.3 Å². The molecular weight excluding hydrogens is 243 g/mol. The van der Waals surface area contributed by atoms with E-state index in [2.05, 4.69) is 10.6 Å². The van der Waals surface area contributed by atoms with Crippen LogP contribution in [0, 0.1) is 5.82 Å². The van der Waals surface area contributed by atoms with E-state index in [4.69, 9.17) is 0 Å². The molecule has 3 nitrogen and oxygen atoms in total. The van der Waals surface area contributed by atoms with Gasteiger partial charge in [0.1, 0.15) is 5.82 Å². The minimum Gasteiger partial charge on any atom is -0.350 e. The molecule has 0 aliphatic rings. The van der Waals surface area contributed by atoms with Crippen molar-refractivity contribution in [2.45, 2.75) is 45.7 Å². The number of nitrogens with one attached hydrogen (secondary N) is 2. The van der Waals surface area contributed by atoms with Gasteiger partial charge in [-0.05, 0) is 44.9 Å². The molecule has 1 aromatic carbocycles. The van der Waals surface area contributed by atoms with Crippen molar-refractivity contribution in [2.24, 2.45) is 0 Å². The van der Waals surface area contributed by atoms with Crippen LogP contribution in [-0.2, 0) is 4.79 Å². The number of rotatable bonds is 6. The lowest BCUT2D eigenvalue weighted by atomic mass is 10.0. The molecule has 106 valence electrons. The van der Waals surface area contributed by atoms with Crippen molar-refractivity contribution in [3.8, 4) is 0 Å². The molecule has 0 radical (unpaired) electrons. The van der Waals surface area contributed by atoms with Gasteiger partial charge in [0.25, 0.3) is 0 Å². The Kier molecular flexibility index (Phi) is 5.48. The second kappa shape index (κ2) is 6.66. The van der Waals surface area contributed by atoms with Crippen molar-refractivity contribution in [2.75, 3.05) is 6.54 Å². The summed E-state index contributed by atoms with van der Waals surface area (Å²) in [7, 11) is 0.